The lowest BCUT2D eigenvalue weighted by Gasteiger charge is -2.23. The summed E-state index contributed by atoms with van der Waals surface area (Å²) in [4.78, 5) is 6.61. The molecule has 0 atom stereocenters. The van der Waals surface area contributed by atoms with Crippen molar-refractivity contribution in [3.63, 3.8) is 0 Å². The van der Waals surface area contributed by atoms with Crippen molar-refractivity contribution in [3.8, 4) is 0 Å². The number of nitrogen functional groups attached to an aromatic ring is 1. The minimum absolute atomic E-state index is 0.713. The Bertz CT molecular complexity index is 634. The van der Waals surface area contributed by atoms with Crippen LogP contribution in [0.25, 0.3) is 0 Å². The molecule has 0 radical (unpaired) electrons. The third-order valence-corrected chi connectivity index (χ3v) is 4.11. The number of nitrogens with zero attached hydrogens (tertiary/aromatic N) is 2. The van der Waals surface area contributed by atoms with E-state index in [-0.39, 0.29) is 0 Å². The van der Waals surface area contributed by atoms with Crippen molar-refractivity contribution in [2.45, 2.75) is 32.6 Å². The fraction of sp³-hybridized carbons (Fsp3) is 0.353. The second-order valence-corrected chi connectivity index (χ2v) is 5.63. The molecule has 0 saturated carbocycles. The molecule has 3 heteroatoms. The molecule has 0 saturated heterocycles. The Balaban J connectivity index is 1.95. The van der Waals surface area contributed by atoms with E-state index in [4.69, 9.17) is 5.73 Å². The van der Waals surface area contributed by atoms with E-state index in [0.717, 1.165) is 11.4 Å². The van der Waals surface area contributed by atoms with Crippen LogP contribution in [0.3, 0.4) is 0 Å². The van der Waals surface area contributed by atoms with Crippen LogP contribution in [0.15, 0.2) is 30.5 Å². The zero-order chi connectivity index (χ0) is 14.1. The molecule has 0 fully saturated rings. The van der Waals surface area contributed by atoms with E-state index in [1.54, 1.807) is 6.20 Å². The molecule has 0 bridgehead atoms. The molecule has 1 heterocycles. The lowest BCUT2D eigenvalue weighted by atomic mass is 9.91. The van der Waals surface area contributed by atoms with Crippen LogP contribution < -0.4 is 10.6 Å². The summed E-state index contributed by atoms with van der Waals surface area (Å²) in [5.74, 6) is 0.968. The first kappa shape index (κ1) is 13.0. The summed E-state index contributed by atoms with van der Waals surface area (Å²) in [6.45, 7) is 2.05. The van der Waals surface area contributed by atoms with Gasteiger partial charge < -0.3 is 10.6 Å². The summed E-state index contributed by atoms with van der Waals surface area (Å²) >= 11 is 0. The van der Waals surface area contributed by atoms with Gasteiger partial charge in [-0.2, -0.15) is 0 Å². The molecule has 1 aromatic carbocycles. The largest absolute Gasteiger partial charge is 0.397 e. The number of pyridine rings is 1. The molecule has 2 aromatic rings. The first-order valence-corrected chi connectivity index (χ1v) is 7.23. The van der Waals surface area contributed by atoms with E-state index >= 15 is 0 Å². The number of rotatable bonds is 2. The zero-order valence-electron chi connectivity index (χ0n) is 12.2. The van der Waals surface area contributed by atoms with Gasteiger partial charge in [0.2, 0.25) is 0 Å². The van der Waals surface area contributed by atoms with Gasteiger partial charge >= 0.3 is 0 Å². The minimum Gasteiger partial charge on any atom is -0.397 e. The number of hydrogen-bond donors (Lipinski definition) is 1. The Labute approximate surface area is 120 Å². The Kier molecular flexibility index (Phi) is 3.35. The van der Waals surface area contributed by atoms with Crippen molar-refractivity contribution in [1.82, 2.24) is 4.98 Å². The summed E-state index contributed by atoms with van der Waals surface area (Å²) < 4.78 is 0. The molecule has 104 valence electrons. The van der Waals surface area contributed by atoms with Crippen molar-refractivity contribution < 1.29 is 0 Å². The Morgan fingerprint density at radius 2 is 1.85 bits per heavy atom. The maximum atomic E-state index is 5.78. The standard InChI is InChI=1S/C17H21N3/c1-12-9-15(18)11-19-17(12)20(2)16-8-7-13-5-3-4-6-14(13)10-16/h7-11H,3-6,18H2,1-2H3. The van der Waals surface area contributed by atoms with Gasteiger partial charge in [0.1, 0.15) is 5.82 Å². The predicted molar refractivity (Wildman–Crippen MR) is 84.5 cm³/mol. The van der Waals surface area contributed by atoms with Crippen LogP contribution >= 0.6 is 0 Å². The zero-order valence-corrected chi connectivity index (χ0v) is 12.2. The van der Waals surface area contributed by atoms with Gasteiger partial charge in [0.15, 0.2) is 0 Å². The highest BCUT2D eigenvalue weighted by Gasteiger charge is 2.13. The van der Waals surface area contributed by atoms with Crippen LogP contribution in [-0.2, 0) is 12.8 Å². The van der Waals surface area contributed by atoms with Crippen molar-refractivity contribution in [2.24, 2.45) is 0 Å². The van der Waals surface area contributed by atoms with E-state index < -0.39 is 0 Å². The number of hydrogen-bond acceptors (Lipinski definition) is 3. The normalized spacial score (nSPS) is 13.9. The van der Waals surface area contributed by atoms with E-state index in [2.05, 4.69) is 35.1 Å². The smallest absolute Gasteiger partial charge is 0.135 e. The summed E-state index contributed by atoms with van der Waals surface area (Å²) in [5.41, 5.74) is 11.8. The van der Waals surface area contributed by atoms with Gasteiger partial charge in [0, 0.05) is 12.7 Å². The second kappa shape index (κ2) is 5.16. The fourth-order valence-corrected chi connectivity index (χ4v) is 2.99. The summed E-state index contributed by atoms with van der Waals surface area (Å²) in [6, 6.07) is 8.75. The highest BCUT2D eigenvalue weighted by Crippen LogP contribution is 2.30. The Hall–Kier alpha value is -2.03. The molecule has 3 rings (SSSR count). The number of anilines is 3. The molecule has 0 amide bonds. The average molecular weight is 267 g/mol. The fourth-order valence-electron chi connectivity index (χ4n) is 2.99. The molecule has 0 unspecified atom stereocenters. The topological polar surface area (TPSA) is 42.1 Å². The van der Waals surface area contributed by atoms with Crippen molar-refractivity contribution in [1.29, 1.82) is 0 Å². The molecule has 2 N–H and O–H groups in total. The quantitative estimate of drug-likeness (QED) is 0.903. The minimum atomic E-state index is 0.713. The Morgan fingerprint density at radius 3 is 2.60 bits per heavy atom. The van der Waals surface area contributed by atoms with Gasteiger partial charge in [0.25, 0.3) is 0 Å². The highest BCUT2D eigenvalue weighted by molar-refractivity contribution is 5.65. The molecular formula is C17H21N3. The number of fused-ring (bicyclic) bond motifs is 1. The Morgan fingerprint density at radius 1 is 1.10 bits per heavy atom. The first-order chi connectivity index (χ1) is 9.65. The van der Waals surface area contributed by atoms with Gasteiger partial charge in [-0.25, -0.2) is 4.98 Å². The number of aryl methyl sites for hydroxylation is 3. The highest BCUT2D eigenvalue weighted by atomic mass is 15.2. The molecule has 20 heavy (non-hydrogen) atoms. The lowest BCUT2D eigenvalue weighted by Crippen LogP contribution is -2.14. The second-order valence-electron chi connectivity index (χ2n) is 5.63. The van der Waals surface area contributed by atoms with Gasteiger partial charge in [-0.05, 0) is 67.5 Å². The maximum absolute atomic E-state index is 5.78. The molecule has 1 aliphatic carbocycles. The SMILES string of the molecule is Cc1cc(N)cnc1N(C)c1ccc2c(c1)CCCC2. The van der Waals surface area contributed by atoms with E-state index in [0.29, 0.717) is 5.69 Å². The molecule has 1 aromatic heterocycles. The summed E-state index contributed by atoms with van der Waals surface area (Å²) in [7, 11) is 2.07. The van der Waals surface area contributed by atoms with E-state index in [1.165, 1.54) is 42.5 Å². The maximum Gasteiger partial charge on any atom is 0.135 e. The molecule has 3 nitrogen and oxygen atoms in total. The van der Waals surface area contributed by atoms with Gasteiger partial charge in [-0.3, -0.25) is 0 Å². The van der Waals surface area contributed by atoms with E-state index in [1.807, 2.05) is 13.0 Å². The summed E-state index contributed by atoms with van der Waals surface area (Å²) in [5, 5.41) is 0. The van der Waals surface area contributed by atoms with Gasteiger partial charge in [0.05, 0.1) is 11.9 Å². The van der Waals surface area contributed by atoms with Crippen LogP contribution in [0.4, 0.5) is 17.2 Å². The van der Waals surface area contributed by atoms with Crippen molar-refractivity contribution in [2.75, 3.05) is 17.7 Å². The molecule has 1 aliphatic rings. The number of benzene rings is 1. The van der Waals surface area contributed by atoms with Crippen molar-refractivity contribution in [3.05, 3.63) is 47.2 Å². The van der Waals surface area contributed by atoms with Crippen LogP contribution in [0, 0.1) is 6.92 Å². The lowest BCUT2D eigenvalue weighted by molar-refractivity contribution is 0.685. The number of aromatic nitrogens is 1. The molecular weight excluding hydrogens is 246 g/mol. The third-order valence-electron chi connectivity index (χ3n) is 4.11. The third kappa shape index (κ3) is 2.36. The molecule has 0 spiro atoms. The summed E-state index contributed by atoms with van der Waals surface area (Å²) in [6.07, 6.45) is 6.76. The van der Waals surface area contributed by atoms with Gasteiger partial charge in [-0.1, -0.05) is 6.07 Å². The molecule has 0 aliphatic heterocycles. The van der Waals surface area contributed by atoms with Crippen LogP contribution in [-0.4, -0.2) is 12.0 Å². The average Bonchev–Trinajstić information content (AvgIpc) is 2.46. The van der Waals surface area contributed by atoms with Crippen LogP contribution in [0.1, 0.15) is 29.5 Å². The number of nitrogens with two attached hydrogens (primary N) is 1. The van der Waals surface area contributed by atoms with Crippen LogP contribution in [0.5, 0.6) is 0 Å². The van der Waals surface area contributed by atoms with Crippen LogP contribution in [0.2, 0.25) is 0 Å². The van der Waals surface area contributed by atoms with Gasteiger partial charge in [-0.15, -0.1) is 0 Å². The first-order valence-electron chi connectivity index (χ1n) is 7.23. The van der Waals surface area contributed by atoms with E-state index in [9.17, 15) is 0 Å². The monoisotopic (exact) mass is 267 g/mol. The predicted octanol–water partition coefficient (Wildman–Crippen LogP) is 3.62. The van der Waals surface area contributed by atoms with Crippen molar-refractivity contribution >= 4 is 17.2 Å².